The minimum absolute atomic E-state index is 0.706. The molecule has 12 rings (SSSR count). The number of hydrogen-bond donors (Lipinski definition) is 0. The van der Waals surface area contributed by atoms with Crippen LogP contribution >= 0.6 is 11.3 Å². The molecule has 0 spiro atoms. The first-order valence-electron chi connectivity index (χ1n) is 17.8. The molecule has 0 aliphatic heterocycles. The molecule has 0 saturated carbocycles. The molecule has 5 nitrogen and oxygen atoms in total. The lowest BCUT2D eigenvalue weighted by molar-refractivity contribution is 1.18. The molecule has 0 aliphatic rings. The predicted molar refractivity (Wildman–Crippen MR) is 221 cm³/mol. The van der Waals surface area contributed by atoms with Crippen LogP contribution in [0.2, 0.25) is 0 Å². The number of pyridine rings is 1. The van der Waals surface area contributed by atoms with E-state index < -0.39 is 0 Å². The minimum Gasteiger partial charge on any atom is -0.307 e. The van der Waals surface area contributed by atoms with Gasteiger partial charge in [-0.3, -0.25) is 4.40 Å². The van der Waals surface area contributed by atoms with E-state index in [2.05, 4.69) is 155 Å². The average Bonchev–Trinajstić information content (AvgIpc) is 3.91. The molecule has 0 bridgehead atoms. The monoisotopic (exact) mass is 693 g/mol. The van der Waals surface area contributed by atoms with Crippen LogP contribution in [0.25, 0.3) is 109 Å². The van der Waals surface area contributed by atoms with Crippen molar-refractivity contribution >= 4 is 91.8 Å². The number of fused-ring (bicyclic) bond motifs is 15. The van der Waals surface area contributed by atoms with Crippen LogP contribution in [-0.4, -0.2) is 23.9 Å². The summed E-state index contributed by atoms with van der Waals surface area (Å²) in [6.07, 6.45) is 0. The van der Waals surface area contributed by atoms with E-state index in [0.717, 1.165) is 66.5 Å². The van der Waals surface area contributed by atoms with Gasteiger partial charge in [-0.15, -0.1) is 11.3 Å². The Hall–Kier alpha value is -6.89. The lowest BCUT2D eigenvalue weighted by atomic mass is 10.1. The van der Waals surface area contributed by atoms with Crippen molar-refractivity contribution < 1.29 is 0 Å². The number of para-hydroxylation sites is 2. The van der Waals surface area contributed by atoms with Crippen LogP contribution in [-0.2, 0) is 0 Å². The smallest absolute Gasteiger partial charge is 0.160 e. The Morgan fingerprint density at radius 1 is 0.434 bits per heavy atom. The topological polar surface area (TPSA) is 48.0 Å². The van der Waals surface area contributed by atoms with Crippen LogP contribution < -0.4 is 0 Å². The first kappa shape index (κ1) is 28.8. The van der Waals surface area contributed by atoms with E-state index in [9.17, 15) is 0 Å². The first-order valence-corrected chi connectivity index (χ1v) is 18.6. The Balaban J connectivity index is 1.12. The maximum absolute atomic E-state index is 5.55. The van der Waals surface area contributed by atoms with Gasteiger partial charge in [0.15, 0.2) is 5.82 Å². The lowest BCUT2D eigenvalue weighted by Gasteiger charge is -2.11. The summed E-state index contributed by atoms with van der Waals surface area (Å²) in [4.78, 5) is 15.7. The van der Waals surface area contributed by atoms with Crippen molar-refractivity contribution in [2.24, 2.45) is 0 Å². The van der Waals surface area contributed by atoms with E-state index in [1.165, 1.54) is 36.5 Å². The van der Waals surface area contributed by atoms with Gasteiger partial charge in [0.25, 0.3) is 0 Å². The van der Waals surface area contributed by atoms with Crippen molar-refractivity contribution in [3.63, 3.8) is 0 Å². The molecule has 5 heterocycles. The van der Waals surface area contributed by atoms with E-state index in [1.54, 1.807) is 0 Å². The highest BCUT2D eigenvalue weighted by Gasteiger charge is 2.22. The van der Waals surface area contributed by atoms with E-state index in [4.69, 9.17) is 15.0 Å². The molecule has 0 unspecified atom stereocenters. The SMILES string of the molecule is c1ccc(-c2nc(-c3ccc(-n4c5ccccc5c5ccc6c(nc7c8ccccc8c8sc9ccccc9c8n67)c54)cc3)nc3ccccc23)cc1. The van der Waals surface area contributed by atoms with Crippen molar-refractivity contribution in [1.82, 2.24) is 23.9 Å². The summed E-state index contributed by atoms with van der Waals surface area (Å²) in [5.41, 5.74) is 11.5. The van der Waals surface area contributed by atoms with Crippen molar-refractivity contribution in [3.05, 3.63) is 164 Å². The fourth-order valence-electron chi connectivity index (χ4n) is 8.36. The number of nitrogens with zero attached hydrogens (tertiary/aromatic N) is 5. The number of thiophene rings is 1. The van der Waals surface area contributed by atoms with E-state index in [-0.39, 0.29) is 0 Å². The molecular formula is C47H27N5S. The van der Waals surface area contributed by atoms with Crippen LogP contribution in [0, 0.1) is 0 Å². The van der Waals surface area contributed by atoms with Crippen molar-refractivity contribution in [3.8, 4) is 28.3 Å². The molecule has 6 heteroatoms. The highest BCUT2D eigenvalue weighted by molar-refractivity contribution is 7.26. The zero-order chi connectivity index (χ0) is 34.6. The largest absolute Gasteiger partial charge is 0.307 e. The molecule has 0 amide bonds. The molecule has 12 aromatic rings. The van der Waals surface area contributed by atoms with Gasteiger partial charge in [-0.1, -0.05) is 109 Å². The Morgan fingerprint density at radius 3 is 1.98 bits per heavy atom. The predicted octanol–water partition coefficient (Wildman–Crippen LogP) is 12.4. The molecule has 5 aromatic heterocycles. The Kier molecular flexibility index (Phi) is 5.87. The van der Waals surface area contributed by atoms with E-state index in [0.29, 0.717) is 5.82 Å². The lowest BCUT2D eigenvalue weighted by Crippen LogP contribution is -1.97. The normalized spacial score (nSPS) is 12.2. The van der Waals surface area contributed by atoms with Gasteiger partial charge in [0.1, 0.15) is 11.2 Å². The van der Waals surface area contributed by atoms with Crippen LogP contribution in [0.15, 0.2) is 164 Å². The first-order chi connectivity index (χ1) is 26.3. The number of imidazole rings is 1. The van der Waals surface area contributed by atoms with Gasteiger partial charge in [0, 0.05) is 53.8 Å². The molecule has 0 saturated heterocycles. The molecule has 0 radical (unpaired) electrons. The van der Waals surface area contributed by atoms with Crippen LogP contribution in [0.5, 0.6) is 0 Å². The van der Waals surface area contributed by atoms with E-state index in [1.807, 2.05) is 29.5 Å². The maximum Gasteiger partial charge on any atom is 0.160 e. The van der Waals surface area contributed by atoms with Gasteiger partial charge in [0.05, 0.1) is 38.0 Å². The zero-order valence-corrected chi connectivity index (χ0v) is 29.0. The molecule has 0 N–H and O–H groups in total. The summed E-state index contributed by atoms with van der Waals surface area (Å²) in [7, 11) is 0. The third kappa shape index (κ3) is 4.04. The summed E-state index contributed by atoms with van der Waals surface area (Å²) >= 11 is 1.86. The molecule has 0 fully saturated rings. The van der Waals surface area contributed by atoms with Gasteiger partial charge in [0.2, 0.25) is 0 Å². The highest BCUT2D eigenvalue weighted by atomic mass is 32.1. The van der Waals surface area contributed by atoms with Crippen molar-refractivity contribution in [1.29, 1.82) is 0 Å². The van der Waals surface area contributed by atoms with E-state index >= 15 is 0 Å². The summed E-state index contributed by atoms with van der Waals surface area (Å²) in [6.45, 7) is 0. The summed E-state index contributed by atoms with van der Waals surface area (Å²) in [6, 6.07) is 58.0. The maximum atomic E-state index is 5.55. The summed E-state index contributed by atoms with van der Waals surface area (Å²) in [5.74, 6) is 0.706. The fourth-order valence-corrected chi connectivity index (χ4v) is 9.59. The number of aromatic nitrogens is 5. The third-order valence-corrected chi connectivity index (χ3v) is 11.9. The average molecular weight is 694 g/mol. The summed E-state index contributed by atoms with van der Waals surface area (Å²) < 4.78 is 7.35. The van der Waals surface area contributed by atoms with Gasteiger partial charge in [-0.2, -0.15) is 0 Å². The fraction of sp³-hybridized carbons (Fsp3) is 0. The second-order valence-electron chi connectivity index (χ2n) is 13.6. The summed E-state index contributed by atoms with van der Waals surface area (Å²) in [5, 5.41) is 7.08. The Morgan fingerprint density at radius 2 is 1.13 bits per heavy atom. The number of rotatable bonds is 3. The van der Waals surface area contributed by atoms with Crippen molar-refractivity contribution in [2.75, 3.05) is 0 Å². The van der Waals surface area contributed by atoms with Crippen molar-refractivity contribution in [2.45, 2.75) is 0 Å². The molecule has 0 atom stereocenters. The van der Waals surface area contributed by atoms with Crippen LogP contribution in [0.4, 0.5) is 0 Å². The van der Waals surface area contributed by atoms with Crippen LogP contribution in [0.3, 0.4) is 0 Å². The second kappa shape index (κ2) is 10.8. The number of hydrogen-bond acceptors (Lipinski definition) is 4. The third-order valence-electron chi connectivity index (χ3n) is 10.7. The molecule has 53 heavy (non-hydrogen) atoms. The van der Waals surface area contributed by atoms with Gasteiger partial charge < -0.3 is 4.57 Å². The Bertz CT molecular complexity index is 3450. The number of benzene rings is 7. The molecule has 0 aliphatic carbocycles. The molecular weight excluding hydrogens is 667 g/mol. The van der Waals surface area contributed by atoms with Gasteiger partial charge in [-0.25, -0.2) is 15.0 Å². The molecule has 246 valence electrons. The van der Waals surface area contributed by atoms with Crippen LogP contribution in [0.1, 0.15) is 0 Å². The standard InChI is InChI=1S/C47H27N5S/c1-2-12-28(13-3-1)41-35-17-6-9-19-37(35)48-46(49-41)29-22-24-30(25-23-29)51-38-20-10-7-14-31(38)32-26-27-39-42(43(32)51)50-47-34-16-5-4-15-33(34)45-44(52(39)47)36-18-8-11-21-40(36)53-45/h1-27H. The zero-order valence-electron chi connectivity index (χ0n) is 28.2. The minimum atomic E-state index is 0.706. The molecule has 7 aromatic carbocycles. The van der Waals surface area contributed by atoms with Gasteiger partial charge in [-0.05, 0) is 54.6 Å². The quantitative estimate of drug-likeness (QED) is 0.185. The Labute approximate surface area is 306 Å². The second-order valence-corrected chi connectivity index (χ2v) is 14.7. The highest BCUT2D eigenvalue weighted by Crippen LogP contribution is 2.43. The van der Waals surface area contributed by atoms with Gasteiger partial charge >= 0.3 is 0 Å².